The fourth-order valence-corrected chi connectivity index (χ4v) is 4.44. The summed E-state index contributed by atoms with van der Waals surface area (Å²) >= 11 is 0. The number of nitrogens with zero attached hydrogens (tertiary/aromatic N) is 1. The number of likely N-dealkylation sites (tertiary alicyclic amines) is 1. The molecule has 3 atom stereocenters. The molecule has 1 N–H and O–H groups in total. The van der Waals surface area contributed by atoms with E-state index in [1.54, 1.807) is 0 Å². The molecule has 1 aliphatic heterocycles. The van der Waals surface area contributed by atoms with Crippen LogP contribution < -0.4 is 0 Å². The average Bonchev–Trinajstić information content (AvgIpc) is 2.99. The maximum atomic E-state index is 13.0. The number of carboxylic acid groups (broad SMARTS) is 1. The SMILES string of the molecule is CC1(C)CCCC(C(=O)N2C[C@H](C(=O)O)[C@H](c3ccccc3)C2)C1. The number of benzene rings is 1. The lowest BCUT2D eigenvalue weighted by Crippen LogP contribution is -2.38. The van der Waals surface area contributed by atoms with Crippen molar-refractivity contribution in [2.45, 2.75) is 45.4 Å². The molecule has 0 radical (unpaired) electrons. The summed E-state index contributed by atoms with van der Waals surface area (Å²) in [5, 5.41) is 9.60. The Hall–Kier alpha value is -1.84. The molecule has 2 fully saturated rings. The molecule has 1 amide bonds. The predicted octanol–water partition coefficient (Wildman–Crippen LogP) is 3.53. The Balaban J connectivity index is 1.75. The van der Waals surface area contributed by atoms with Crippen molar-refractivity contribution >= 4 is 11.9 Å². The lowest BCUT2D eigenvalue weighted by Gasteiger charge is -2.36. The lowest BCUT2D eigenvalue weighted by molar-refractivity contribution is -0.142. The van der Waals surface area contributed by atoms with Gasteiger partial charge in [-0.1, -0.05) is 50.6 Å². The predicted molar refractivity (Wildman–Crippen MR) is 92.6 cm³/mol. The Labute approximate surface area is 143 Å². The highest BCUT2D eigenvalue weighted by molar-refractivity contribution is 5.81. The smallest absolute Gasteiger partial charge is 0.308 e. The minimum atomic E-state index is -0.803. The zero-order valence-electron chi connectivity index (χ0n) is 14.6. The summed E-state index contributed by atoms with van der Waals surface area (Å²) in [5.74, 6) is -1.20. The number of rotatable bonds is 3. The molecule has 0 spiro atoms. The summed E-state index contributed by atoms with van der Waals surface area (Å²) in [6, 6.07) is 9.74. The maximum Gasteiger partial charge on any atom is 0.308 e. The van der Waals surface area contributed by atoms with Crippen molar-refractivity contribution in [1.82, 2.24) is 4.90 Å². The van der Waals surface area contributed by atoms with Crippen molar-refractivity contribution in [3.63, 3.8) is 0 Å². The van der Waals surface area contributed by atoms with E-state index < -0.39 is 11.9 Å². The van der Waals surface area contributed by atoms with E-state index in [0.29, 0.717) is 13.1 Å². The third-order valence-electron chi connectivity index (χ3n) is 5.73. The van der Waals surface area contributed by atoms with Gasteiger partial charge in [-0.25, -0.2) is 0 Å². The molecular formula is C20H27NO3. The number of carbonyl (C=O) groups excluding carboxylic acids is 1. The molecule has 1 heterocycles. The summed E-state index contributed by atoms with van der Waals surface area (Å²) in [6.07, 6.45) is 4.10. The van der Waals surface area contributed by atoms with Gasteiger partial charge in [-0.05, 0) is 30.2 Å². The minimum Gasteiger partial charge on any atom is -0.481 e. The first kappa shape index (κ1) is 17.0. The monoisotopic (exact) mass is 329 g/mol. The van der Waals surface area contributed by atoms with Gasteiger partial charge in [0.25, 0.3) is 0 Å². The van der Waals surface area contributed by atoms with Crippen LogP contribution in [0.3, 0.4) is 0 Å². The second-order valence-electron chi connectivity index (χ2n) is 8.16. The molecule has 1 aromatic carbocycles. The molecule has 4 heteroatoms. The van der Waals surface area contributed by atoms with E-state index >= 15 is 0 Å². The van der Waals surface area contributed by atoms with Gasteiger partial charge in [-0.15, -0.1) is 0 Å². The molecule has 1 aliphatic carbocycles. The van der Waals surface area contributed by atoms with E-state index in [0.717, 1.165) is 24.8 Å². The quantitative estimate of drug-likeness (QED) is 0.923. The summed E-state index contributed by atoms with van der Waals surface area (Å²) in [4.78, 5) is 26.5. The second kappa shape index (κ2) is 6.58. The van der Waals surface area contributed by atoms with Crippen molar-refractivity contribution < 1.29 is 14.7 Å². The maximum absolute atomic E-state index is 13.0. The van der Waals surface area contributed by atoms with Gasteiger partial charge in [-0.2, -0.15) is 0 Å². The van der Waals surface area contributed by atoms with Crippen LogP contribution in [0, 0.1) is 17.3 Å². The Kier molecular flexibility index (Phi) is 4.66. The Morgan fingerprint density at radius 1 is 1.17 bits per heavy atom. The van der Waals surface area contributed by atoms with Crippen LogP contribution in [-0.4, -0.2) is 35.0 Å². The second-order valence-corrected chi connectivity index (χ2v) is 8.16. The van der Waals surface area contributed by atoms with Crippen LogP contribution in [0.1, 0.15) is 51.0 Å². The van der Waals surface area contributed by atoms with Gasteiger partial charge in [-0.3, -0.25) is 9.59 Å². The molecule has 130 valence electrons. The first-order chi connectivity index (χ1) is 11.4. The van der Waals surface area contributed by atoms with Crippen LogP contribution in [0.25, 0.3) is 0 Å². The third-order valence-corrected chi connectivity index (χ3v) is 5.73. The highest BCUT2D eigenvalue weighted by Crippen LogP contribution is 2.41. The van der Waals surface area contributed by atoms with E-state index in [1.807, 2.05) is 35.2 Å². The van der Waals surface area contributed by atoms with E-state index in [4.69, 9.17) is 0 Å². The van der Waals surface area contributed by atoms with Crippen molar-refractivity contribution in [2.75, 3.05) is 13.1 Å². The number of hydrogen-bond acceptors (Lipinski definition) is 2. The fraction of sp³-hybridized carbons (Fsp3) is 0.600. The number of carboxylic acids is 1. The van der Waals surface area contributed by atoms with E-state index in [-0.39, 0.29) is 23.2 Å². The Bertz CT molecular complexity index is 611. The summed E-state index contributed by atoms with van der Waals surface area (Å²) < 4.78 is 0. The molecule has 0 aromatic heterocycles. The van der Waals surface area contributed by atoms with Crippen LogP contribution in [-0.2, 0) is 9.59 Å². The van der Waals surface area contributed by atoms with E-state index in [1.165, 1.54) is 6.42 Å². The van der Waals surface area contributed by atoms with Crippen molar-refractivity contribution in [3.05, 3.63) is 35.9 Å². The first-order valence-electron chi connectivity index (χ1n) is 8.94. The normalized spacial score (nSPS) is 29.4. The van der Waals surface area contributed by atoms with E-state index in [2.05, 4.69) is 13.8 Å². The van der Waals surface area contributed by atoms with Crippen LogP contribution in [0.15, 0.2) is 30.3 Å². The largest absolute Gasteiger partial charge is 0.481 e. The highest BCUT2D eigenvalue weighted by atomic mass is 16.4. The number of aliphatic carboxylic acids is 1. The lowest BCUT2D eigenvalue weighted by atomic mass is 9.72. The van der Waals surface area contributed by atoms with Crippen molar-refractivity contribution in [1.29, 1.82) is 0 Å². The van der Waals surface area contributed by atoms with Crippen molar-refractivity contribution in [2.24, 2.45) is 17.3 Å². The van der Waals surface area contributed by atoms with Gasteiger partial charge >= 0.3 is 5.97 Å². The summed E-state index contributed by atoms with van der Waals surface area (Å²) in [5.41, 5.74) is 1.23. The molecule has 1 aromatic rings. The molecule has 2 aliphatic rings. The van der Waals surface area contributed by atoms with Crippen LogP contribution >= 0.6 is 0 Å². The minimum absolute atomic E-state index is 0.0534. The molecule has 0 bridgehead atoms. The molecular weight excluding hydrogens is 302 g/mol. The van der Waals surface area contributed by atoms with Crippen molar-refractivity contribution in [3.8, 4) is 0 Å². The number of carbonyl (C=O) groups is 2. The van der Waals surface area contributed by atoms with Gasteiger partial charge < -0.3 is 10.0 Å². The van der Waals surface area contributed by atoms with Gasteiger partial charge in [0, 0.05) is 24.9 Å². The zero-order valence-corrected chi connectivity index (χ0v) is 14.6. The number of hydrogen-bond donors (Lipinski definition) is 1. The molecule has 24 heavy (non-hydrogen) atoms. The van der Waals surface area contributed by atoms with Gasteiger partial charge in [0.15, 0.2) is 0 Å². The van der Waals surface area contributed by atoms with Crippen LogP contribution in [0.5, 0.6) is 0 Å². The van der Waals surface area contributed by atoms with Crippen LogP contribution in [0.4, 0.5) is 0 Å². The topological polar surface area (TPSA) is 57.6 Å². The first-order valence-corrected chi connectivity index (χ1v) is 8.94. The van der Waals surface area contributed by atoms with Gasteiger partial charge in [0.1, 0.15) is 0 Å². The highest BCUT2D eigenvalue weighted by Gasteiger charge is 2.43. The standard InChI is InChI=1S/C20H27NO3/c1-20(2)10-6-9-15(11-20)18(22)21-12-16(17(13-21)19(23)24)14-7-4-3-5-8-14/h3-5,7-8,15-17H,6,9-13H2,1-2H3,(H,23,24)/t15?,16-,17-/m0/s1. The van der Waals surface area contributed by atoms with Gasteiger partial charge in [0.05, 0.1) is 5.92 Å². The molecule has 1 unspecified atom stereocenters. The number of amides is 1. The Morgan fingerprint density at radius 2 is 1.88 bits per heavy atom. The summed E-state index contributed by atoms with van der Waals surface area (Å²) in [6.45, 7) is 5.31. The van der Waals surface area contributed by atoms with Gasteiger partial charge in [0.2, 0.25) is 5.91 Å². The molecule has 1 saturated heterocycles. The molecule has 1 saturated carbocycles. The Morgan fingerprint density at radius 3 is 2.50 bits per heavy atom. The summed E-state index contributed by atoms with van der Waals surface area (Å²) in [7, 11) is 0. The fourth-order valence-electron chi connectivity index (χ4n) is 4.44. The molecule has 4 nitrogen and oxygen atoms in total. The average molecular weight is 329 g/mol. The van der Waals surface area contributed by atoms with E-state index in [9.17, 15) is 14.7 Å². The zero-order chi connectivity index (χ0) is 17.3. The third kappa shape index (κ3) is 3.47. The molecule has 3 rings (SSSR count). The van der Waals surface area contributed by atoms with Crippen LogP contribution in [0.2, 0.25) is 0 Å².